The summed E-state index contributed by atoms with van der Waals surface area (Å²) in [5.74, 6) is 0.100. The monoisotopic (exact) mass is 327 g/mol. The highest BCUT2D eigenvalue weighted by atomic mass is 16.5. The number of aromatic amines is 1. The summed E-state index contributed by atoms with van der Waals surface area (Å²) in [5, 5.41) is 1.09. The van der Waals surface area contributed by atoms with Gasteiger partial charge in [-0.2, -0.15) is 0 Å². The molecule has 5 heteroatoms. The fourth-order valence-corrected chi connectivity index (χ4v) is 4.06. The number of aromatic nitrogens is 1. The van der Waals surface area contributed by atoms with E-state index in [0.717, 1.165) is 43.8 Å². The second-order valence-corrected chi connectivity index (χ2v) is 6.89. The molecule has 0 unspecified atom stereocenters. The molecule has 2 aromatic rings. The molecule has 2 saturated heterocycles. The van der Waals surface area contributed by atoms with E-state index in [1.807, 2.05) is 35.2 Å². The second-order valence-electron chi connectivity index (χ2n) is 6.89. The van der Waals surface area contributed by atoms with Crippen molar-refractivity contribution in [3.63, 3.8) is 0 Å². The number of para-hydroxylation sites is 1. The van der Waals surface area contributed by atoms with Crippen LogP contribution in [0.25, 0.3) is 10.9 Å². The van der Waals surface area contributed by atoms with Crippen molar-refractivity contribution in [2.75, 3.05) is 32.8 Å². The standard InChI is InChI=1S/C19H25N3O2/c1-2-5-15-12-24-13-16-11-21(8-9-22(15)16)19(23)18-10-14-6-3-4-7-17(14)20-18/h3-4,6-7,10,15-16,20H,2,5,8-9,11-13H2,1H3/t15-,16+/m0/s1. The Labute approximate surface area is 142 Å². The van der Waals surface area contributed by atoms with Crippen molar-refractivity contribution in [2.24, 2.45) is 0 Å². The molecule has 0 radical (unpaired) electrons. The number of hydrogen-bond acceptors (Lipinski definition) is 3. The van der Waals surface area contributed by atoms with Gasteiger partial charge in [0.1, 0.15) is 5.69 Å². The van der Waals surface area contributed by atoms with Crippen molar-refractivity contribution in [1.82, 2.24) is 14.8 Å². The number of morpholine rings is 1. The molecule has 24 heavy (non-hydrogen) atoms. The van der Waals surface area contributed by atoms with Gasteiger partial charge in [0.15, 0.2) is 0 Å². The largest absolute Gasteiger partial charge is 0.378 e. The smallest absolute Gasteiger partial charge is 0.270 e. The first-order chi connectivity index (χ1) is 11.8. The average molecular weight is 327 g/mol. The molecule has 1 amide bonds. The van der Waals surface area contributed by atoms with Crippen LogP contribution in [0.2, 0.25) is 0 Å². The second kappa shape index (κ2) is 6.57. The number of nitrogens with zero attached hydrogens (tertiary/aromatic N) is 2. The average Bonchev–Trinajstić information content (AvgIpc) is 3.05. The topological polar surface area (TPSA) is 48.6 Å². The van der Waals surface area contributed by atoms with Gasteiger partial charge < -0.3 is 14.6 Å². The third-order valence-electron chi connectivity index (χ3n) is 5.29. The molecule has 2 fully saturated rings. The van der Waals surface area contributed by atoms with E-state index in [9.17, 15) is 4.79 Å². The first-order valence-electron chi connectivity index (χ1n) is 8.96. The molecule has 4 rings (SSSR count). The molecule has 1 aromatic heterocycles. The number of fused-ring (bicyclic) bond motifs is 2. The van der Waals surface area contributed by atoms with E-state index < -0.39 is 0 Å². The molecule has 0 saturated carbocycles. The molecule has 1 N–H and O–H groups in total. The Hall–Kier alpha value is -1.85. The van der Waals surface area contributed by atoms with E-state index in [1.165, 1.54) is 12.8 Å². The Bertz CT molecular complexity index is 691. The molecule has 1 aromatic carbocycles. The zero-order chi connectivity index (χ0) is 16.5. The summed E-state index contributed by atoms with van der Waals surface area (Å²) in [6.45, 7) is 6.29. The summed E-state index contributed by atoms with van der Waals surface area (Å²) < 4.78 is 5.80. The quantitative estimate of drug-likeness (QED) is 0.942. The summed E-state index contributed by atoms with van der Waals surface area (Å²) in [7, 11) is 0. The van der Waals surface area contributed by atoms with Gasteiger partial charge in [0, 0.05) is 36.6 Å². The molecule has 0 aliphatic carbocycles. The van der Waals surface area contributed by atoms with E-state index in [4.69, 9.17) is 4.74 Å². The summed E-state index contributed by atoms with van der Waals surface area (Å²) in [4.78, 5) is 20.7. The first kappa shape index (κ1) is 15.7. The predicted molar refractivity (Wildman–Crippen MR) is 94.2 cm³/mol. The molecule has 2 atom stereocenters. The lowest BCUT2D eigenvalue weighted by molar-refractivity contribution is -0.0776. The highest BCUT2D eigenvalue weighted by Gasteiger charge is 2.36. The van der Waals surface area contributed by atoms with E-state index in [0.29, 0.717) is 17.8 Å². The van der Waals surface area contributed by atoms with Gasteiger partial charge in [-0.05, 0) is 18.6 Å². The van der Waals surface area contributed by atoms with Gasteiger partial charge in [-0.3, -0.25) is 9.69 Å². The number of carbonyl (C=O) groups is 1. The predicted octanol–water partition coefficient (Wildman–Crippen LogP) is 2.49. The van der Waals surface area contributed by atoms with Crippen molar-refractivity contribution in [2.45, 2.75) is 31.8 Å². The SMILES string of the molecule is CCC[C@H]1COC[C@H]2CN(C(=O)c3cc4ccccc4[nH]3)CCN12. The van der Waals surface area contributed by atoms with Crippen molar-refractivity contribution >= 4 is 16.8 Å². The summed E-state index contributed by atoms with van der Waals surface area (Å²) >= 11 is 0. The highest BCUT2D eigenvalue weighted by Crippen LogP contribution is 2.23. The first-order valence-corrected chi connectivity index (χ1v) is 8.96. The van der Waals surface area contributed by atoms with Crippen LogP contribution in [-0.4, -0.2) is 65.6 Å². The molecule has 2 aliphatic rings. The fourth-order valence-electron chi connectivity index (χ4n) is 4.06. The molecule has 2 aliphatic heterocycles. The lowest BCUT2D eigenvalue weighted by Gasteiger charge is -2.48. The lowest BCUT2D eigenvalue weighted by atomic mass is 10.0. The van der Waals surface area contributed by atoms with Crippen molar-refractivity contribution in [3.05, 3.63) is 36.0 Å². The third kappa shape index (κ3) is 2.82. The summed E-state index contributed by atoms with van der Waals surface area (Å²) in [5.41, 5.74) is 1.70. The zero-order valence-electron chi connectivity index (χ0n) is 14.2. The zero-order valence-corrected chi connectivity index (χ0v) is 14.2. The number of nitrogens with one attached hydrogen (secondary N) is 1. The van der Waals surface area contributed by atoms with Crippen molar-refractivity contribution in [1.29, 1.82) is 0 Å². The van der Waals surface area contributed by atoms with Gasteiger partial charge in [0.25, 0.3) is 5.91 Å². The van der Waals surface area contributed by atoms with Gasteiger partial charge in [0.2, 0.25) is 0 Å². The minimum atomic E-state index is 0.100. The number of piperazine rings is 1. The highest BCUT2D eigenvalue weighted by molar-refractivity contribution is 5.98. The number of hydrogen-bond donors (Lipinski definition) is 1. The van der Waals surface area contributed by atoms with Gasteiger partial charge in [-0.25, -0.2) is 0 Å². The number of amides is 1. The Balaban J connectivity index is 1.48. The van der Waals surface area contributed by atoms with E-state index >= 15 is 0 Å². The van der Waals surface area contributed by atoms with Crippen molar-refractivity contribution in [3.8, 4) is 0 Å². The molecule has 0 bridgehead atoms. The Morgan fingerprint density at radius 3 is 3.00 bits per heavy atom. The molecular formula is C19H25N3O2. The number of rotatable bonds is 3. The Kier molecular flexibility index (Phi) is 4.29. The minimum absolute atomic E-state index is 0.100. The maximum atomic E-state index is 12.9. The van der Waals surface area contributed by atoms with Crippen LogP contribution in [0.4, 0.5) is 0 Å². The van der Waals surface area contributed by atoms with Gasteiger partial charge in [-0.15, -0.1) is 0 Å². The maximum absolute atomic E-state index is 12.9. The van der Waals surface area contributed by atoms with Crippen LogP contribution in [0, 0.1) is 0 Å². The van der Waals surface area contributed by atoms with Crippen LogP contribution >= 0.6 is 0 Å². The van der Waals surface area contributed by atoms with Gasteiger partial charge in [-0.1, -0.05) is 31.5 Å². The fraction of sp³-hybridized carbons (Fsp3) is 0.526. The van der Waals surface area contributed by atoms with Crippen LogP contribution < -0.4 is 0 Å². The number of ether oxygens (including phenoxy) is 1. The molecule has 3 heterocycles. The van der Waals surface area contributed by atoms with Gasteiger partial charge >= 0.3 is 0 Å². The molecule has 0 spiro atoms. The van der Waals surface area contributed by atoms with E-state index in [-0.39, 0.29) is 5.91 Å². The Morgan fingerprint density at radius 2 is 2.17 bits per heavy atom. The Morgan fingerprint density at radius 1 is 1.29 bits per heavy atom. The van der Waals surface area contributed by atoms with Crippen LogP contribution in [-0.2, 0) is 4.74 Å². The van der Waals surface area contributed by atoms with Crippen LogP contribution in [0.3, 0.4) is 0 Å². The van der Waals surface area contributed by atoms with E-state index in [1.54, 1.807) is 0 Å². The maximum Gasteiger partial charge on any atom is 0.270 e. The van der Waals surface area contributed by atoms with Crippen LogP contribution in [0.15, 0.2) is 30.3 Å². The molecular weight excluding hydrogens is 302 g/mol. The molecule has 5 nitrogen and oxygen atoms in total. The normalized spacial score (nSPS) is 25.0. The lowest BCUT2D eigenvalue weighted by Crippen LogP contribution is -2.62. The third-order valence-corrected chi connectivity index (χ3v) is 5.29. The summed E-state index contributed by atoms with van der Waals surface area (Å²) in [6.07, 6.45) is 2.35. The number of carbonyl (C=O) groups excluding carboxylic acids is 1. The van der Waals surface area contributed by atoms with Gasteiger partial charge in [0.05, 0.1) is 19.3 Å². The summed E-state index contributed by atoms with van der Waals surface area (Å²) in [6, 6.07) is 10.8. The number of H-pyrrole nitrogens is 1. The number of benzene rings is 1. The van der Waals surface area contributed by atoms with E-state index in [2.05, 4.69) is 16.8 Å². The van der Waals surface area contributed by atoms with Crippen molar-refractivity contribution < 1.29 is 9.53 Å². The minimum Gasteiger partial charge on any atom is -0.378 e. The molecule has 128 valence electrons. The van der Waals surface area contributed by atoms with Crippen LogP contribution in [0.5, 0.6) is 0 Å². The van der Waals surface area contributed by atoms with Crippen LogP contribution in [0.1, 0.15) is 30.3 Å².